The summed E-state index contributed by atoms with van der Waals surface area (Å²) >= 11 is 0. The molecule has 0 aliphatic rings. The van der Waals surface area contributed by atoms with Gasteiger partial charge in [-0.3, -0.25) is 28.8 Å². The smallest absolute Gasteiger partial charge is 0.307 e. The Morgan fingerprint density at radius 2 is 0.760 bits per heavy atom. The van der Waals surface area contributed by atoms with Crippen LogP contribution in [-0.2, 0) is 40.0 Å². The molecule has 10 heteroatoms. The summed E-state index contributed by atoms with van der Waals surface area (Å²) in [4.78, 5) is 76.8. The number of ketones is 6. The minimum absolute atomic E-state index is 0.0241. The summed E-state index contributed by atoms with van der Waals surface area (Å²) in [5, 5.41) is 26.9. The zero-order chi connectivity index (χ0) is 62.0. The number of aromatic hydroxyl groups is 1. The first-order valence-electron chi connectivity index (χ1n) is 27.5. The highest BCUT2D eigenvalue weighted by Gasteiger charge is 2.34. The fourth-order valence-electron chi connectivity index (χ4n) is 9.54. The number of phenolic OH excluding ortho intramolecular Hbond substituents is 1. The first-order chi connectivity index (χ1) is 32.9. The fourth-order valence-corrected chi connectivity index (χ4v) is 9.54. The van der Waals surface area contributed by atoms with E-state index in [4.69, 9.17) is 10.2 Å². The number of hydrogen-bond donors (Lipinski definition) is 3. The maximum atomic E-state index is 11.6. The van der Waals surface area contributed by atoms with Crippen LogP contribution >= 0.6 is 0 Å². The third-order valence-electron chi connectivity index (χ3n) is 13.2. The monoisotopic (exact) mass is 1060 g/mol. The number of carboxylic acid groups (broad SMARTS) is 1. The number of phenols is 1. The lowest BCUT2D eigenvalue weighted by atomic mass is 9.72. The molecule has 1 aromatic rings. The molecule has 6 atom stereocenters. The van der Waals surface area contributed by atoms with Crippen molar-refractivity contribution in [3.63, 3.8) is 0 Å². The van der Waals surface area contributed by atoms with E-state index >= 15 is 0 Å². The zero-order valence-corrected chi connectivity index (χ0v) is 55.0. The quantitative estimate of drug-likeness (QED) is 0.172. The molecule has 0 aromatic heterocycles. The van der Waals surface area contributed by atoms with Crippen LogP contribution in [0.1, 0.15) is 247 Å². The lowest BCUT2D eigenvalue weighted by molar-refractivity contribution is -0.147. The van der Waals surface area contributed by atoms with Gasteiger partial charge in [0.05, 0.1) is 12.5 Å². The van der Waals surface area contributed by atoms with Gasteiger partial charge in [0.1, 0.15) is 40.4 Å². The summed E-state index contributed by atoms with van der Waals surface area (Å²) in [5.74, 6) is 1.86. The van der Waals surface area contributed by atoms with E-state index in [0.29, 0.717) is 23.9 Å². The van der Waals surface area contributed by atoms with E-state index in [1.807, 2.05) is 74.4 Å². The number of aliphatic hydroxyl groups excluding tert-OH is 1. The maximum absolute atomic E-state index is 11.6. The van der Waals surface area contributed by atoms with E-state index in [-0.39, 0.29) is 115 Å². The van der Waals surface area contributed by atoms with E-state index in [2.05, 4.69) is 125 Å². The number of hydrogen-bond acceptors (Lipinski definition) is 9. The van der Waals surface area contributed by atoms with Gasteiger partial charge in [0.2, 0.25) is 0 Å². The van der Waals surface area contributed by atoms with E-state index in [1.54, 1.807) is 46.8 Å². The normalized spacial score (nSPS) is 14.3. The molecule has 0 saturated carbocycles. The highest BCUT2D eigenvalue weighted by atomic mass is 16.4. The number of Topliss-reactive ketones (excluding diaryl/α,β-unsaturated/α-hetero) is 6. The average Bonchev–Trinajstić information content (AvgIpc) is 3.10. The molecule has 1 rings (SSSR count). The van der Waals surface area contributed by atoms with Crippen LogP contribution in [0.4, 0.5) is 0 Å². The van der Waals surface area contributed by atoms with Crippen LogP contribution in [-0.4, -0.2) is 62.6 Å². The van der Waals surface area contributed by atoms with Crippen molar-refractivity contribution in [3.8, 4) is 5.75 Å². The number of aliphatic hydroxyl groups is 1. The maximum Gasteiger partial charge on any atom is 0.307 e. The number of benzene rings is 1. The van der Waals surface area contributed by atoms with Gasteiger partial charge >= 0.3 is 5.97 Å². The summed E-state index contributed by atoms with van der Waals surface area (Å²) < 4.78 is 0. The Hall–Kier alpha value is -3.53. The second-order valence-electron chi connectivity index (χ2n) is 29.3. The molecule has 0 saturated heterocycles. The molecule has 0 aliphatic heterocycles. The molecule has 6 unspecified atom stereocenters. The Labute approximate surface area is 463 Å². The number of carboxylic acids is 1. The van der Waals surface area contributed by atoms with E-state index < -0.39 is 5.97 Å². The molecule has 442 valence electrons. The van der Waals surface area contributed by atoms with E-state index in [1.165, 1.54) is 6.92 Å². The topological polar surface area (TPSA) is 180 Å². The molecular weight excluding hydrogens is 941 g/mol. The van der Waals surface area contributed by atoms with Crippen LogP contribution in [0.25, 0.3) is 0 Å². The van der Waals surface area contributed by atoms with Crippen LogP contribution < -0.4 is 0 Å². The minimum atomic E-state index is -0.688. The molecule has 75 heavy (non-hydrogen) atoms. The molecular formula is C65H122O10. The largest absolute Gasteiger partial charge is 0.508 e. The predicted octanol–water partition coefficient (Wildman–Crippen LogP) is 16.6. The predicted molar refractivity (Wildman–Crippen MR) is 318 cm³/mol. The van der Waals surface area contributed by atoms with Crippen LogP contribution in [0.2, 0.25) is 0 Å². The first kappa shape index (κ1) is 82.8. The molecule has 3 N–H and O–H groups in total. The molecule has 1 aromatic carbocycles. The Kier molecular flexibility index (Phi) is 39.5. The van der Waals surface area contributed by atoms with Gasteiger partial charge in [-0.25, -0.2) is 0 Å². The van der Waals surface area contributed by atoms with Crippen molar-refractivity contribution >= 4 is 40.7 Å². The number of carbonyl (C=O) groups is 7. The third kappa shape index (κ3) is 43.2. The van der Waals surface area contributed by atoms with Crippen molar-refractivity contribution < 1.29 is 48.9 Å². The summed E-state index contributed by atoms with van der Waals surface area (Å²) in [5.41, 5.74) is 1.37. The average molecular weight is 1060 g/mol. The second kappa shape index (κ2) is 35.8. The lowest BCUT2D eigenvalue weighted by Gasteiger charge is -2.31. The van der Waals surface area contributed by atoms with Gasteiger partial charge in [-0.2, -0.15) is 0 Å². The zero-order valence-electron chi connectivity index (χ0n) is 55.0. The van der Waals surface area contributed by atoms with Gasteiger partial charge in [-0.15, -0.1) is 0 Å². The van der Waals surface area contributed by atoms with Gasteiger partial charge in [-0.05, 0) is 122 Å². The highest BCUT2D eigenvalue weighted by molar-refractivity contribution is 5.81. The van der Waals surface area contributed by atoms with Crippen molar-refractivity contribution in [1.29, 1.82) is 0 Å². The minimum Gasteiger partial charge on any atom is -0.508 e. The summed E-state index contributed by atoms with van der Waals surface area (Å²) in [6.45, 7) is 65.1. The molecule has 0 aliphatic carbocycles. The molecule has 0 heterocycles. The fraction of sp³-hybridized carbons (Fsp3) is 0.800. The molecule has 0 amide bonds. The summed E-state index contributed by atoms with van der Waals surface area (Å²) in [6, 6.07) is 7.07. The van der Waals surface area contributed by atoms with Crippen molar-refractivity contribution in [3.05, 3.63) is 29.8 Å². The third-order valence-corrected chi connectivity index (χ3v) is 13.2. The second-order valence-corrected chi connectivity index (χ2v) is 29.3. The van der Waals surface area contributed by atoms with Crippen molar-refractivity contribution in [2.45, 2.75) is 248 Å². The van der Waals surface area contributed by atoms with Crippen LogP contribution in [0.3, 0.4) is 0 Å². The van der Waals surface area contributed by atoms with Crippen LogP contribution in [0, 0.1) is 85.2 Å². The van der Waals surface area contributed by atoms with Crippen molar-refractivity contribution in [1.82, 2.24) is 0 Å². The van der Waals surface area contributed by atoms with Gasteiger partial charge in [0.15, 0.2) is 0 Å². The SMILES string of the molecule is CC(=O)C(C(C)C)C(C)(C)C.CC(=O)C(C)C(C)(C)C.CC(=O)C(CO)C(C)(C)C.CC(=O)C(Cc1ccc(O)cc1)C(C)(C)C.CC(=O)CC(C)(C)C.CC(C)C(C(=O)O)C(C)(C)C.CCC(C(C)=O)C(C)(C)C. The first-order valence-corrected chi connectivity index (χ1v) is 27.5. The highest BCUT2D eigenvalue weighted by Crippen LogP contribution is 2.34. The van der Waals surface area contributed by atoms with Gasteiger partial charge in [-0.1, -0.05) is 199 Å². The molecule has 0 bridgehead atoms. The van der Waals surface area contributed by atoms with Gasteiger partial charge in [0.25, 0.3) is 0 Å². The number of carbonyl (C=O) groups excluding carboxylic acids is 6. The molecule has 0 radical (unpaired) electrons. The Morgan fingerprint density at radius 3 is 0.840 bits per heavy atom. The standard InChI is InChI=1S/C14H20O2.C10H20O.C9H18O2.C9H18O.C8H16O2.C8H16O.C7H14O/c1-10(15)13(14(2,3)4)9-11-5-7-12(16)8-6-11;1-7(2)9(8(3)11)10(4,5)6;1-6(2)7(8(10)11)9(3,4)5;1-6-8(7(2)10)9(3,4)5;1-6(10)7(5-9)8(2,3)4;1-6(7(2)9)8(3,4)5;1-6(8)5-7(2,3)4/h5-8,13,16H,9H2,1-4H3;7,9H,1-6H3;6-7H,1-5H3,(H,10,11);8H,6H2,1-5H3;7,9H,5H2,1-4H3;6H,1-5H3;5H2,1-4H3. The van der Waals surface area contributed by atoms with Crippen molar-refractivity contribution in [2.24, 2.45) is 85.2 Å². The number of rotatable bonds is 13. The lowest BCUT2D eigenvalue weighted by Crippen LogP contribution is -2.32. The Bertz CT molecular complexity index is 1730. The van der Waals surface area contributed by atoms with Gasteiger partial charge in [0, 0.05) is 36.0 Å². The summed E-state index contributed by atoms with van der Waals surface area (Å²) in [7, 11) is 0. The van der Waals surface area contributed by atoms with Crippen molar-refractivity contribution in [2.75, 3.05) is 6.61 Å². The van der Waals surface area contributed by atoms with E-state index in [0.717, 1.165) is 18.4 Å². The van der Waals surface area contributed by atoms with Gasteiger partial charge < -0.3 is 20.1 Å². The Balaban J connectivity index is -0.000000187. The summed E-state index contributed by atoms with van der Waals surface area (Å²) in [6.07, 6.45) is 2.38. The van der Waals surface area contributed by atoms with E-state index in [9.17, 15) is 38.7 Å². The molecule has 0 spiro atoms. The number of aliphatic carboxylic acids is 1. The van der Waals surface area contributed by atoms with Crippen LogP contribution in [0.5, 0.6) is 5.75 Å². The Morgan fingerprint density at radius 1 is 0.440 bits per heavy atom. The molecule has 0 fully saturated rings. The molecule has 10 nitrogen and oxygen atoms in total. The van der Waals surface area contributed by atoms with Crippen LogP contribution in [0.15, 0.2) is 24.3 Å².